The Bertz CT molecular complexity index is 881. The molecule has 1 aliphatic heterocycles. The number of halogens is 3. The van der Waals surface area contributed by atoms with Gasteiger partial charge < -0.3 is 4.90 Å². The lowest BCUT2D eigenvalue weighted by Crippen LogP contribution is -2.30. The van der Waals surface area contributed by atoms with Gasteiger partial charge in [-0.25, -0.2) is 13.2 Å². The SMILES string of the molecule is Cc1c(F)ccc([C@H]2CN(C)C(=O)[C@@H]2C(=O)Cc2ccccc2F)c1F. The summed E-state index contributed by atoms with van der Waals surface area (Å²) in [5.74, 6) is -4.71. The molecule has 1 heterocycles. The number of ketones is 1. The number of hydrogen-bond donors (Lipinski definition) is 0. The number of likely N-dealkylation sites (tertiary alicyclic amines) is 1. The Morgan fingerprint density at radius 3 is 2.50 bits per heavy atom. The molecular weight excluding hydrogens is 343 g/mol. The van der Waals surface area contributed by atoms with Crippen molar-refractivity contribution in [1.82, 2.24) is 4.90 Å². The van der Waals surface area contributed by atoms with E-state index in [1.54, 1.807) is 6.07 Å². The Hall–Kier alpha value is -2.63. The second-order valence-corrected chi connectivity index (χ2v) is 6.61. The summed E-state index contributed by atoms with van der Waals surface area (Å²) < 4.78 is 42.0. The minimum absolute atomic E-state index is 0.133. The number of likely N-dealkylation sites (N-methyl/N-ethyl adjacent to an activating group) is 1. The molecule has 0 bridgehead atoms. The van der Waals surface area contributed by atoms with Crippen molar-refractivity contribution in [2.45, 2.75) is 19.3 Å². The molecule has 2 aromatic carbocycles. The van der Waals surface area contributed by atoms with Crippen LogP contribution in [0.5, 0.6) is 0 Å². The maximum atomic E-state index is 14.6. The van der Waals surface area contributed by atoms with Gasteiger partial charge in [-0.3, -0.25) is 9.59 Å². The van der Waals surface area contributed by atoms with E-state index in [4.69, 9.17) is 0 Å². The molecule has 2 atom stereocenters. The van der Waals surface area contributed by atoms with Crippen molar-refractivity contribution in [1.29, 1.82) is 0 Å². The zero-order valence-corrected chi connectivity index (χ0v) is 14.4. The second-order valence-electron chi connectivity index (χ2n) is 6.61. The highest BCUT2D eigenvalue weighted by Crippen LogP contribution is 2.36. The third-order valence-electron chi connectivity index (χ3n) is 4.93. The lowest BCUT2D eigenvalue weighted by Gasteiger charge is -2.18. The Labute approximate surface area is 149 Å². The van der Waals surface area contributed by atoms with Gasteiger partial charge in [-0.2, -0.15) is 0 Å². The molecule has 6 heteroatoms. The molecule has 0 spiro atoms. The summed E-state index contributed by atoms with van der Waals surface area (Å²) in [7, 11) is 1.53. The molecule has 26 heavy (non-hydrogen) atoms. The summed E-state index contributed by atoms with van der Waals surface area (Å²) in [6.45, 7) is 1.46. The Kier molecular flexibility index (Phi) is 4.85. The van der Waals surface area contributed by atoms with Crippen LogP contribution in [-0.4, -0.2) is 30.2 Å². The van der Waals surface area contributed by atoms with Crippen LogP contribution >= 0.6 is 0 Å². The number of carbonyl (C=O) groups is 2. The first-order valence-corrected chi connectivity index (χ1v) is 8.26. The maximum absolute atomic E-state index is 14.6. The first kappa shape index (κ1) is 18.2. The fourth-order valence-electron chi connectivity index (χ4n) is 3.45. The molecule has 0 unspecified atom stereocenters. The summed E-state index contributed by atoms with van der Waals surface area (Å²) in [6.07, 6.45) is -0.255. The highest BCUT2D eigenvalue weighted by molar-refractivity contribution is 6.04. The highest BCUT2D eigenvalue weighted by Gasteiger charge is 2.45. The normalized spacial score (nSPS) is 19.9. The molecule has 1 fully saturated rings. The lowest BCUT2D eigenvalue weighted by molar-refractivity contribution is -0.136. The monoisotopic (exact) mass is 361 g/mol. The third kappa shape index (κ3) is 3.11. The largest absolute Gasteiger partial charge is 0.344 e. The van der Waals surface area contributed by atoms with Gasteiger partial charge in [0, 0.05) is 31.5 Å². The van der Waals surface area contributed by atoms with Gasteiger partial charge in [0.15, 0.2) is 0 Å². The van der Waals surface area contributed by atoms with Crippen LogP contribution in [0.25, 0.3) is 0 Å². The maximum Gasteiger partial charge on any atom is 0.233 e. The van der Waals surface area contributed by atoms with E-state index in [2.05, 4.69) is 0 Å². The third-order valence-corrected chi connectivity index (χ3v) is 4.93. The van der Waals surface area contributed by atoms with Crippen molar-refractivity contribution in [3.63, 3.8) is 0 Å². The number of Topliss-reactive ketones (excluding diaryl/α,β-unsaturated/α-hetero) is 1. The van der Waals surface area contributed by atoms with Gasteiger partial charge in [0.05, 0.1) is 0 Å². The first-order valence-electron chi connectivity index (χ1n) is 8.26. The van der Waals surface area contributed by atoms with Crippen LogP contribution in [0.1, 0.15) is 22.6 Å². The summed E-state index contributed by atoms with van der Waals surface area (Å²) in [6, 6.07) is 8.25. The van der Waals surface area contributed by atoms with Crippen LogP contribution in [-0.2, 0) is 16.0 Å². The zero-order chi connectivity index (χ0) is 19.0. The standard InChI is InChI=1S/C20H18F3NO2/c1-11-15(21)8-7-13(19(11)23)14-10-24(2)20(26)18(14)17(25)9-12-5-3-4-6-16(12)22/h3-8,14,18H,9-10H2,1-2H3/t14-,18+/m1/s1. The highest BCUT2D eigenvalue weighted by atomic mass is 19.1. The smallest absolute Gasteiger partial charge is 0.233 e. The number of hydrogen-bond acceptors (Lipinski definition) is 2. The van der Waals surface area contributed by atoms with Gasteiger partial charge in [-0.05, 0) is 30.2 Å². The van der Waals surface area contributed by atoms with Gasteiger partial charge in [0.25, 0.3) is 0 Å². The van der Waals surface area contributed by atoms with Crippen LogP contribution in [0.2, 0.25) is 0 Å². The zero-order valence-electron chi connectivity index (χ0n) is 14.4. The van der Waals surface area contributed by atoms with Crippen LogP contribution in [0, 0.1) is 30.3 Å². The van der Waals surface area contributed by atoms with E-state index in [9.17, 15) is 22.8 Å². The average molecular weight is 361 g/mol. The van der Waals surface area contributed by atoms with Crippen molar-refractivity contribution < 1.29 is 22.8 Å². The summed E-state index contributed by atoms with van der Waals surface area (Å²) in [5, 5.41) is 0. The first-order chi connectivity index (χ1) is 12.3. The van der Waals surface area contributed by atoms with E-state index in [-0.39, 0.29) is 29.7 Å². The molecule has 1 saturated heterocycles. The van der Waals surface area contributed by atoms with Crippen LogP contribution in [0.4, 0.5) is 13.2 Å². The minimum Gasteiger partial charge on any atom is -0.344 e. The number of nitrogens with zero attached hydrogens (tertiary/aromatic N) is 1. The number of amides is 1. The van der Waals surface area contributed by atoms with Crippen LogP contribution in [0.3, 0.4) is 0 Å². The predicted octanol–water partition coefficient (Wildman–Crippen LogP) is 3.40. The van der Waals surface area contributed by atoms with Crippen molar-refractivity contribution in [2.75, 3.05) is 13.6 Å². The molecule has 1 amide bonds. The molecule has 0 aromatic heterocycles. The summed E-state index contributed by atoms with van der Waals surface area (Å²) in [4.78, 5) is 26.6. The van der Waals surface area contributed by atoms with E-state index in [1.807, 2.05) is 0 Å². The average Bonchev–Trinajstić information content (AvgIpc) is 2.90. The second kappa shape index (κ2) is 6.94. The van der Waals surface area contributed by atoms with Crippen LogP contribution < -0.4 is 0 Å². The Balaban J connectivity index is 1.95. The van der Waals surface area contributed by atoms with Gasteiger partial charge in [-0.1, -0.05) is 24.3 Å². The molecule has 0 saturated carbocycles. The summed E-state index contributed by atoms with van der Waals surface area (Å²) >= 11 is 0. The Morgan fingerprint density at radius 1 is 1.12 bits per heavy atom. The topological polar surface area (TPSA) is 37.4 Å². The molecule has 136 valence electrons. The molecule has 1 aliphatic rings. The molecule has 0 aliphatic carbocycles. The van der Waals surface area contributed by atoms with Gasteiger partial charge >= 0.3 is 0 Å². The van der Waals surface area contributed by atoms with Crippen molar-refractivity contribution in [2.24, 2.45) is 5.92 Å². The van der Waals surface area contributed by atoms with E-state index in [0.717, 1.165) is 6.07 Å². The molecule has 0 N–H and O–H groups in total. The van der Waals surface area contributed by atoms with E-state index >= 15 is 0 Å². The lowest BCUT2D eigenvalue weighted by atomic mass is 9.83. The van der Waals surface area contributed by atoms with Crippen molar-refractivity contribution in [3.05, 3.63) is 70.5 Å². The predicted molar refractivity (Wildman–Crippen MR) is 90.1 cm³/mol. The van der Waals surface area contributed by atoms with Gasteiger partial charge in [0.2, 0.25) is 5.91 Å². The van der Waals surface area contributed by atoms with E-state index in [0.29, 0.717) is 0 Å². The van der Waals surface area contributed by atoms with E-state index in [1.165, 1.54) is 43.1 Å². The molecule has 2 aromatic rings. The molecular formula is C20H18F3NO2. The van der Waals surface area contributed by atoms with Gasteiger partial charge in [0.1, 0.15) is 29.2 Å². The fourth-order valence-corrected chi connectivity index (χ4v) is 3.45. The molecule has 0 radical (unpaired) electrons. The van der Waals surface area contributed by atoms with E-state index < -0.39 is 41.0 Å². The fraction of sp³-hybridized carbons (Fsp3) is 0.300. The summed E-state index contributed by atoms with van der Waals surface area (Å²) in [5.41, 5.74) is 0.174. The van der Waals surface area contributed by atoms with Crippen molar-refractivity contribution >= 4 is 11.7 Å². The molecule has 3 rings (SSSR count). The number of carbonyl (C=O) groups excluding carboxylic acids is 2. The number of benzene rings is 2. The number of rotatable bonds is 4. The van der Waals surface area contributed by atoms with Crippen molar-refractivity contribution in [3.8, 4) is 0 Å². The quantitative estimate of drug-likeness (QED) is 0.783. The van der Waals surface area contributed by atoms with Crippen LogP contribution in [0.15, 0.2) is 36.4 Å². The Morgan fingerprint density at radius 2 is 1.81 bits per heavy atom. The minimum atomic E-state index is -1.11. The molecule has 3 nitrogen and oxygen atoms in total. The van der Waals surface area contributed by atoms with Gasteiger partial charge in [-0.15, -0.1) is 0 Å².